The Labute approximate surface area is 93.1 Å². The number of carboxylic acids is 1. The summed E-state index contributed by atoms with van der Waals surface area (Å²) in [6.45, 7) is 1.84. The topological polar surface area (TPSA) is 49.3 Å². The van der Waals surface area contributed by atoms with Gasteiger partial charge in [-0.15, -0.1) is 11.3 Å². The van der Waals surface area contributed by atoms with E-state index >= 15 is 0 Å². The van der Waals surface area contributed by atoms with Crippen molar-refractivity contribution in [1.82, 2.24) is 5.32 Å². The number of aromatic carboxylic acids is 1. The van der Waals surface area contributed by atoms with Crippen LogP contribution < -0.4 is 5.32 Å². The molecule has 0 unspecified atom stereocenters. The highest BCUT2D eigenvalue weighted by Gasteiger charge is 2.19. The van der Waals surface area contributed by atoms with Crippen LogP contribution in [-0.2, 0) is 6.54 Å². The molecule has 1 aromatic heterocycles. The van der Waals surface area contributed by atoms with Crippen LogP contribution >= 0.6 is 11.3 Å². The third-order valence-corrected chi connectivity index (χ3v) is 3.56. The van der Waals surface area contributed by atoms with Crippen molar-refractivity contribution in [2.45, 2.75) is 25.8 Å². The molecule has 2 N–H and O–H groups in total. The molecular formula is C11H15NO2S. The van der Waals surface area contributed by atoms with E-state index in [0.717, 1.165) is 23.9 Å². The summed E-state index contributed by atoms with van der Waals surface area (Å²) in [6.07, 6.45) is 4.05. The molecule has 0 spiro atoms. The average molecular weight is 225 g/mol. The number of carbonyl (C=O) groups is 1. The van der Waals surface area contributed by atoms with E-state index < -0.39 is 5.97 Å². The van der Waals surface area contributed by atoms with Crippen molar-refractivity contribution >= 4 is 17.3 Å². The van der Waals surface area contributed by atoms with Gasteiger partial charge >= 0.3 is 5.97 Å². The zero-order valence-electron chi connectivity index (χ0n) is 8.53. The summed E-state index contributed by atoms with van der Waals surface area (Å²) in [5.41, 5.74) is 0.402. The maximum atomic E-state index is 10.6. The van der Waals surface area contributed by atoms with E-state index in [1.807, 2.05) is 0 Å². The van der Waals surface area contributed by atoms with E-state index in [0.29, 0.717) is 5.56 Å². The quantitative estimate of drug-likeness (QED) is 0.731. The van der Waals surface area contributed by atoms with Crippen molar-refractivity contribution in [2.75, 3.05) is 6.54 Å². The van der Waals surface area contributed by atoms with Crippen LogP contribution in [0.15, 0.2) is 11.4 Å². The van der Waals surface area contributed by atoms with E-state index in [1.165, 1.54) is 30.6 Å². The molecule has 0 radical (unpaired) electrons. The van der Waals surface area contributed by atoms with Crippen molar-refractivity contribution in [3.8, 4) is 0 Å². The lowest BCUT2D eigenvalue weighted by Gasteiger charge is -2.00. The van der Waals surface area contributed by atoms with Crippen molar-refractivity contribution in [1.29, 1.82) is 0 Å². The fraction of sp³-hybridized carbons (Fsp3) is 0.545. The molecule has 1 aliphatic carbocycles. The predicted octanol–water partition coefficient (Wildman–Crippen LogP) is 2.34. The second-order valence-electron chi connectivity index (χ2n) is 4.02. The van der Waals surface area contributed by atoms with Crippen LogP contribution in [0.1, 0.15) is 34.5 Å². The van der Waals surface area contributed by atoms with Gasteiger partial charge in [-0.3, -0.25) is 0 Å². The van der Waals surface area contributed by atoms with Gasteiger partial charge in [-0.2, -0.15) is 0 Å². The molecule has 0 saturated heterocycles. The molecule has 82 valence electrons. The van der Waals surface area contributed by atoms with Crippen molar-refractivity contribution < 1.29 is 9.90 Å². The van der Waals surface area contributed by atoms with Gasteiger partial charge in [-0.25, -0.2) is 4.79 Å². The van der Waals surface area contributed by atoms with Gasteiger partial charge in [-0.1, -0.05) is 12.8 Å². The summed E-state index contributed by atoms with van der Waals surface area (Å²) in [4.78, 5) is 11.7. The minimum Gasteiger partial charge on any atom is -0.478 e. The molecule has 1 heterocycles. The minimum atomic E-state index is -0.838. The van der Waals surface area contributed by atoms with E-state index in [2.05, 4.69) is 5.32 Å². The zero-order valence-corrected chi connectivity index (χ0v) is 9.35. The highest BCUT2D eigenvalue weighted by Crippen LogP contribution is 2.31. The molecule has 2 rings (SSSR count). The molecule has 1 aliphatic rings. The van der Waals surface area contributed by atoms with E-state index in [4.69, 9.17) is 5.11 Å². The Hall–Kier alpha value is -0.870. The summed E-state index contributed by atoms with van der Waals surface area (Å²) in [5, 5.41) is 13.8. The van der Waals surface area contributed by atoms with Crippen LogP contribution in [-0.4, -0.2) is 17.6 Å². The van der Waals surface area contributed by atoms with Gasteiger partial charge in [0.1, 0.15) is 0 Å². The molecule has 1 fully saturated rings. The predicted molar refractivity (Wildman–Crippen MR) is 60.3 cm³/mol. The van der Waals surface area contributed by atoms with Crippen LogP contribution in [0, 0.1) is 5.92 Å². The summed E-state index contributed by atoms with van der Waals surface area (Å²) >= 11 is 1.51. The Kier molecular flexibility index (Phi) is 3.38. The second kappa shape index (κ2) is 4.77. The van der Waals surface area contributed by atoms with Crippen molar-refractivity contribution in [3.05, 3.63) is 21.9 Å². The largest absolute Gasteiger partial charge is 0.478 e. The van der Waals surface area contributed by atoms with Gasteiger partial charge in [0.25, 0.3) is 0 Å². The van der Waals surface area contributed by atoms with Gasteiger partial charge < -0.3 is 10.4 Å². The second-order valence-corrected chi connectivity index (χ2v) is 5.01. The first-order chi connectivity index (χ1) is 7.25. The number of carboxylic acid groups (broad SMARTS) is 1. The third-order valence-electron chi connectivity index (χ3n) is 2.63. The first-order valence-corrected chi connectivity index (χ1v) is 6.15. The van der Waals surface area contributed by atoms with Gasteiger partial charge in [0.2, 0.25) is 0 Å². The first-order valence-electron chi connectivity index (χ1n) is 5.27. The standard InChI is InChI=1S/C11H15NO2S/c13-11(14)9-5-10(15-7-9)6-12-4-3-8-1-2-8/h5,7-8,12H,1-4,6H2,(H,13,14). The molecule has 0 aromatic carbocycles. The summed E-state index contributed by atoms with van der Waals surface area (Å²) in [7, 11) is 0. The molecule has 1 aromatic rings. The van der Waals surface area contributed by atoms with Crippen LogP contribution in [0.25, 0.3) is 0 Å². The van der Waals surface area contributed by atoms with Crippen LogP contribution in [0.4, 0.5) is 0 Å². The smallest absolute Gasteiger partial charge is 0.336 e. The Morgan fingerprint density at radius 2 is 2.40 bits per heavy atom. The van der Waals surface area contributed by atoms with E-state index in [-0.39, 0.29) is 0 Å². The molecular weight excluding hydrogens is 210 g/mol. The zero-order chi connectivity index (χ0) is 10.7. The SMILES string of the molecule is O=C(O)c1csc(CNCCC2CC2)c1. The lowest BCUT2D eigenvalue weighted by atomic mass is 10.3. The maximum Gasteiger partial charge on any atom is 0.336 e. The molecule has 15 heavy (non-hydrogen) atoms. The number of hydrogen-bond acceptors (Lipinski definition) is 3. The Morgan fingerprint density at radius 1 is 1.60 bits per heavy atom. The lowest BCUT2D eigenvalue weighted by Crippen LogP contribution is -2.14. The summed E-state index contributed by atoms with van der Waals surface area (Å²) in [6, 6.07) is 1.75. The molecule has 0 bridgehead atoms. The van der Waals surface area contributed by atoms with E-state index in [1.54, 1.807) is 11.4 Å². The fourth-order valence-electron chi connectivity index (χ4n) is 1.51. The van der Waals surface area contributed by atoms with Crippen LogP contribution in [0.2, 0.25) is 0 Å². The number of hydrogen-bond donors (Lipinski definition) is 2. The first kappa shape index (κ1) is 10.6. The minimum absolute atomic E-state index is 0.402. The summed E-state index contributed by atoms with van der Waals surface area (Å²) < 4.78 is 0. The fourth-order valence-corrected chi connectivity index (χ4v) is 2.34. The van der Waals surface area contributed by atoms with Crippen LogP contribution in [0.3, 0.4) is 0 Å². The molecule has 1 saturated carbocycles. The Morgan fingerprint density at radius 3 is 3.00 bits per heavy atom. The molecule has 0 amide bonds. The monoisotopic (exact) mass is 225 g/mol. The van der Waals surface area contributed by atoms with E-state index in [9.17, 15) is 4.79 Å². The van der Waals surface area contributed by atoms with Crippen LogP contribution in [0.5, 0.6) is 0 Å². The Balaban J connectivity index is 1.70. The third kappa shape index (κ3) is 3.32. The molecule has 0 atom stereocenters. The molecule has 0 aliphatic heterocycles. The van der Waals surface area contributed by atoms with Gasteiger partial charge in [0.15, 0.2) is 0 Å². The van der Waals surface area contributed by atoms with Gasteiger partial charge in [0.05, 0.1) is 5.56 Å². The highest BCUT2D eigenvalue weighted by atomic mass is 32.1. The molecule has 4 heteroatoms. The number of thiophene rings is 1. The maximum absolute atomic E-state index is 10.6. The number of nitrogens with one attached hydrogen (secondary N) is 1. The molecule has 3 nitrogen and oxygen atoms in total. The number of rotatable bonds is 6. The highest BCUT2D eigenvalue weighted by molar-refractivity contribution is 7.10. The average Bonchev–Trinajstić information content (AvgIpc) is 2.90. The van der Waals surface area contributed by atoms with Crippen molar-refractivity contribution in [2.24, 2.45) is 5.92 Å². The van der Waals surface area contributed by atoms with Gasteiger partial charge in [-0.05, 0) is 24.9 Å². The van der Waals surface area contributed by atoms with Gasteiger partial charge in [0, 0.05) is 16.8 Å². The Bertz CT molecular complexity index is 344. The normalized spacial score (nSPS) is 15.5. The van der Waals surface area contributed by atoms with Crippen molar-refractivity contribution in [3.63, 3.8) is 0 Å². The summed E-state index contributed by atoms with van der Waals surface area (Å²) in [5.74, 6) is 0.117. The lowest BCUT2D eigenvalue weighted by molar-refractivity contribution is 0.0697.